The molecule has 12 heavy (non-hydrogen) atoms. The summed E-state index contributed by atoms with van der Waals surface area (Å²) in [6.45, 7) is 14.3. The van der Waals surface area contributed by atoms with Gasteiger partial charge in [0.2, 0.25) is 0 Å². The Morgan fingerprint density at radius 2 is 1.25 bits per heavy atom. The van der Waals surface area contributed by atoms with Gasteiger partial charge in [0.05, 0.1) is 0 Å². The van der Waals surface area contributed by atoms with Crippen LogP contribution in [0.3, 0.4) is 0 Å². The van der Waals surface area contributed by atoms with E-state index in [1.807, 2.05) is 0 Å². The average molecular weight is 295 g/mol. The summed E-state index contributed by atoms with van der Waals surface area (Å²) >= 11 is -1.68. The van der Waals surface area contributed by atoms with Crippen molar-refractivity contribution in [2.75, 3.05) is 0 Å². The van der Waals surface area contributed by atoms with Crippen molar-refractivity contribution in [2.24, 2.45) is 0 Å². The first-order valence-electron chi connectivity index (χ1n) is 5.09. The van der Waals surface area contributed by atoms with E-state index in [1.54, 1.807) is 0 Å². The van der Waals surface area contributed by atoms with Crippen LogP contribution in [0, 0.1) is 0 Å². The second-order valence-corrected chi connectivity index (χ2v) is 26.3. The van der Waals surface area contributed by atoms with Gasteiger partial charge < -0.3 is 0 Å². The molecule has 0 saturated heterocycles. The van der Waals surface area contributed by atoms with Crippen LogP contribution >= 0.6 is 8.95 Å². The molecule has 0 aromatic carbocycles. The summed E-state index contributed by atoms with van der Waals surface area (Å²) in [4.78, 5) is 0. The summed E-state index contributed by atoms with van der Waals surface area (Å²) < 4.78 is 5.01. The Hall–Kier alpha value is 1.15. The third-order valence-electron chi connectivity index (χ3n) is 2.46. The maximum atomic E-state index is 2.40. The Balaban J connectivity index is 4.30. The van der Waals surface area contributed by atoms with Gasteiger partial charge in [0.1, 0.15) is 0 Å². The summed E-state index contributed by atoms with van der Waals surface area (Å²) in [6.07, 6.45) is 0. The molecule has 0 aliphatic heterocycles. The Bertz CT molecular complexity index is 114. The van der Waals surface area contributed by atoms with E-state index in [0.29, 0.717) is 4.75 Å². The molecule has 0 heterocycles. The summed E-state index contributed by atoms with van der Waals surface area (Å²) in [7, 11) is 2.36. The van der Waals surface area contributed by atoms with Crippen LogP contribution in [0.4, 0.5) is 0 Å². The number of rotatable bonds is 4. The standard InChI is InChI=1S/C4H10S.3C2H5.Sn/c1-4(2,3)5;3*1-2;/h5H,1-3H3;3*1H2,2H3;/q;;;;+1/p-1. The molecule has 0 radical (unpaired) electrons. The Labute approximate surface area is 85.2 Å². The van der Waals surface area contributed by atoms with Crippen molar-refractivity contribution in [3.63, 3.8) is 0 Å². The molecule has 0 aliphatic rings. The van der Waals surface area contributed by atoms with E-state index in [4.69, 9.17) is 0 Å². The first-order valence-corrected chi connectivity index (χ1v) is 15.5. The van der Waals surface area contributed by atoms with Gasteiger partial charge >= 0.3 is 85.5 Å². The average Bonchev–Trinajstić information content (AvgIpc) is 1.99. The Morgan fingerprint density at radius 3 is 1.33 bits per heavy atom. The van der Waals surface area contributed by atoms with Crippen LogP contribution in [0.5, 0.6) is 0 Å². The van der Waals surface area contributed by atoms with Crippen molar-refractivity contribution < 1.29 is 0 Å². The van der Waals surface area contributed by atoms with Gasteiger partial charge in [-0.2, -0.15) is 0 Å². The minimum absolute atomic E-state index is 0.498. The van der Waals surface area contributed by atoms with Gasteiger partial charge in [0, 0.05) is 0 Å². The van der Waals surface area contributed by atoms with Gasteiger partial charge in [0.25, 0.3) is 0 Å². The van der Waals surface area contributed by atoms with Gasteiger partial charge in [-0.05, 0) is 0 Å². The van der Waals surface area contributed by atoms with Crippen molar-refractivity contribution >= 4 is 25.9 Å². The summed E-state index contributed by atoms with van der Waals surface area (Å²) in [6, 6.07) is 0. The van der Waals surface area contributed by atoms with Crippen molar-refractivity contribution in [1.29, 1.82) is 0 Å². The molecule has 0 spiro atoms. The van der Waals surface area contributed by atoms with Gasteiger partial charge in [-0.15, -0.1) is 0 Å². The molecule has 2 heteroatoms. The minimum atomic E-state index is -1.68. The molecule has 0 rings (SSSR count). The fourth-order valence-corrected chi connectivity index (χ4v) is 22.5. The van der Waals surface area contributed by atoms with Crippen LogP contribution in [0.1, 0.15) is 41.5 Å². The predicted octanol–water partition coefficient (Wildman–Crippen LogP) is 4.52. The summed E-state index contributed by atoms with van der Waals surface area (Å²) in [5, 5.41) is 0. The first-order chi connectivity index (χ1) is 5.39. The van der Waals surface area contributed by atoms with E-state index in [0.717, 1.165) is 0 Å². The first kappa shape index (κ1) is 13.1. The molecule has 0 aliphatic carbocycles. The monoisotopic (exact) mass is 296 g/mol. The number of hydrogen-bond acceptors (Lipinski definition) is 1. The van der Waals surface area contributed by atoms with Gasteiger partial charge in [0.15, 0.2) is 0 Å². The van der Waals surface area contributed by atoms with E-state index >= 15 is 0 Å². The van der Waals surface area contributed by atoms with Crippen LogP contribution in [-0.2, 0) is 0 Å². The van der Waals surface area contributed by atoms with Crippen LogP contribution in [0.2, 0.25) is 13.3 Å². The van der Waals surface area contributed by atoms with Crippen LogP contribution in [0.25, 0.3) is 0 Å². The maximum absolute atomic E-state index is 2.40. The van der Waals surface area contributed by atoms with Crippen molar-refractivity contribution in [3.8, 4) is 0 Å². The van der Waals surface area contributed by atoms with E-state index < -0.39 is 17.0 Å². The van der Waals surface area contributed by atoms with Crippen LogP contribution in [-0.4, -0.2) is 21.7 Å². The van der Waals surface area contributed by atoms with E-state index in [-0.39, 0.29) is 0 Å². The molecule has 0 amide bonds. The quantitative estimate of drug-likeness (QED) is 0.687. The van der Waals surface area contributed by atoms with E-state index in [1.165, 1.54) is 13.3 Å². The summed E-state index contributed by atoms with van der Waals surface area (Å²) in [5.41, 5.74) is 0. The molecular formula is C10H24SSn. The molecule has 0 unspecified atom stereocenters. The fourth-order valence-electron chi connectivity index (χ4n) is 1.62. The van der Waals surface area contributed by atoms with Gasteiger partial charge in [-0.3, -0.25) is 0 Å². The van der Waals surface area contributed by atoms with E-state index in [2.05, 4.69) is 50.5 Å². The third kappa shape index (κ3) is 4.40. The normalized spacial score (nSPS) is 13.5. The zero-order valence-electron chi connectivity index (χ0n) is 9.53. The zero-order valence-corrected chi connectivity index (χ0v) is 13.2. The van der Waals surface area contributed by atoms with Crippen molar-refractivity contribution in [2.45, 2.75) is 59.6 Å². The molecule has 0 atom stereocenters. The van der Waals surface area contributed by atoms with Crippen LogP contribution < -0.4 is 0 Å². The second-order valence-electron chi connectivity index (χ2n) is 4.46. The summed E-state index contributed by atoms with van der Waals surface area (Å²) in [5.74, 6) is 0. The molecule has 0 aromatic rings. The zero-order chi connectivity index (χ0) is 9.83. The van der Waals surface area contributed by atoms with Crippen molar-refractivity contribution in [1.82, 2.24) is 0 Å². The topological polar surface area (TPSA) is 0 Å². The molecule has 0 nitrogen and oxygen atoms in total. The SMILES string of the molecule is C[CH2][Sn]([CH2]C)([CH2]C)[S]C(C)(C)C. The molecule has 0 saturated carbocycles. The molecular weight excluding hydrogens is 271 g/mol. The Morgan fingerprint density at radius 1 is 0.917 bits per heavy atom. The Kier molecular flexibility index (Phi) is 5.63. The van der Waals surface area contributed by atoms with Gasteiger partial charge in [-0.1, -0.05) is 0 Å². The number of hydrogen-bond donors (Lipinski definition) is 0. The third-order valence-corrected chi connectivity index (χ3v) is 29.3. The molecule has 0 fully saturated rings. The van der Waals surface area contributed by atoms with E-state index in [9.17, 15) is 0 Å². The predicted molar refractivity (Wildman–Crippen MR) is 64.5 cm³/mol. The fraction of sp³-hybridized carbons (Fsp3) is 1.00. The molecule has 74 valence electrons. The second kappa shape index (κ2) is 5.13. The molecule has 0 bridgehead atoms. The van der Waals surface area contributed by atoms with Crippen molar-refractivity contribution in [3.05, 3.63) is 0 Å². The molecule has 0 N–H and O–H groups in total. The van der Waals surface area contributed by atoms with Gasteiger partial charge in [-0.25, -0.2) is 0 Å². The molecule has 0 aromatic heterocycles. The van der Waals surface area contributed by atoms with Crippen LogP contribution in [0.15, 0.2) is 0 Å².